The van der Waals surface area contributed by atoms with E-state index in [0.29, 0.717) is 17.9 Å². The maximum Gasteiger partial charge on any atom is 0.243 e. The summed E-state index contributed by atoms with van der Waals surface area (Å²) in [6, 6.07) is 0.504. The summed E-state index contributed by atoms with van der Waals surface area (Å²) in [4.78, 5) is 9.41. The molecular weight excluding hydrogens is 264 g/mol. The molecule has 6 nitrogen and oxygen atoms in total. The van der Waals surface area contributed by atoms with Gasteiger partial charge in [-0.2, -0.15) is 5.10 Å². The van der Waals surface area contributed by atoms with Crippen LogP contribution in [0.2, 0.25) is 0 Å². The van der Waals surface area contributed by atoms with Gasteiger partial charge in [-0.3, -0.25) is 4.90 Å². The zero-order valence-corrected chi connectivity index (χ0v) is 13.9. The number of aromatic nitrogens is 3. The van der Waals surface area contributed by atoms with Crippen molar-refractivity contribution in [2.75, 3.05) is 45.1 Å². The van der Waals surface area contributed by atoms with Crippen molar-refractivity contribution in [2.24, 2.45) is 5.92 Å². The minimum absolute atomic E-state index is 0.504. The molecular formula is C15H28N6. The quantitative estimate of drug-likeness (QED) is 0.879. The Morgan fingerprint density at radius 1 is 1.05 bits per heavy atom. The highest BCUT2D eigenvalue weighted by atomic mass is 15.3. The van der Waals surface area contributed by atoms with E-state index in [4.69, 9.17) is 0 Å². The van der Waals surface area contributed by atoms with Gasteiger partial charge in [0.05, 0.1) is 11.4 Å². The third-order valence-corrected chi connectivity index (χ3v) is 4.34. The van der Waals surface area contributed by atoms with Gasteiger partial charge < -0.3 is 10.2 Å². The molecule has 1 aromatic heterocycles. The van der Waals surface area contributed by atoms with Crippen LogP contribution >= 0.6 is 0 Å². The van der Waals surface area contributed by atoms with Crippen molar-refractivity contribution >= 4 is 5.95 Å². The summed E-state index contributed by atoms with van der Waals surface area (Å²) >= 11 is 0. The fourth-order valence-electron chi connectivity index (χ4n) is 2.67. The fourth-order valence-corrected chi connectivity index (χ4v) is 2.67. The molecule has 0 radical (unpaired) electrons. The van der Waals surface area contributed by atoms with Gasteiger partial charge in [0, 0.05) is 38.8 Å². The molecule has 1 aliphatic rings. The van der Waals surface area contributed by atoms with Gasteiger partial charge in [0.15, 0.2) is 0 Å². The van der Waals surface area contributed by atoms with Crippen molar-refractivity contribution in [1.82, 2.24) is 25.0 Å². The topological polar surface area (TPSA) is 57.2 Å². The van der Waals surface area contributed by atoms with E-state index in [-0.39, 0.29) is 0 Å². The lowest BCUT2D eigenvalue weighted by Crippen LogP contribution is -2.52. The first-order valence-electron chi connectivity index (χ1n) is 7.81. The Morgan fingerprint density at radius 3 is 2.29 bits per heavy atom. The molecule has 0 spiro atoms. The molecule has 2 heterocycles. The zero-order valence-electron chi connectivity index (χ0n) is 13.9. The molecule has 1 aromatic rings. The van der Waals surface area contributed by atoms with Gasteiger partial charge in [-0.15, -0.1) is 5.10 Å². The molecule has 6 heteroatoms. The molecule has 0 aromatic carbocycles. The van der Waals surface area contributed by atoms with E-state index in [2.05, 4.69) is 51.2 Å². The van der Waals surface area contributed by atoms with Crippen molar-refractivity contribution in [1.29, 1.82) is 0 Å². The van der Waals surface area contributed by atoms with Crippen LogP contribution in [0.4, 0.5) is 5.95 Å². The lowest BCUT2D eigenvalue weighted by molar-refractivity contribution is 0.0943. The average Bonchev–Trinajstić information content (AvgIpc) is 2.44. The minimum atomic E-state index is 0.504. The second-order valence-corrected chi connectivity index (χ2v) is 6.34. The van der Waals surface area contributed by atoms with Crippen LogP contribution in [0.1, 0.15) is 25.2 Å². The largest absolute Gasteiger partial charge is 0.351 e. The van der Waals surface area contributed by atoms with Crippen LogP contribution in [0, 0.1) is 19.8 Å². The Hall–Kier alpha value is -1.27. The molecule has 2 rings (SSSR count). The van der Waals surface area contributed by atoms with E-state index in [1.807, 2.05) is 13.8 Å². The SMILES string of the molecule is Cc1nnc(NCC(C(C)C)N2CCN(C)CC2)nc1C. The van der Waals surface area contributed by atoms with Crippen molar-refractivity contribution in [3.8, 4) is 0 Å². The Labute approximate surface area is 128 Å². The maximum atomic E-state index is 4.45. The summed E-state index contributed by atoms with van der Waals surface area (Å²) < 4.78 is 0. The molecule has 0 saturated carbocycles. The van der Waals surface area contributed by atoms with Crippen LogP contribution in [0.15, 0.2) is 0 Å². The third kappa shape index (κ3) is 4.35. The molecule has 118 valence electrons. The second kappa shape index (κ2) is 7.13. The van der Waals surface area contributed by atoms with Crippen molar-refractivity contribution in [3.63, 3.8) is 0 Å². The summed E-state index contributed by atoms with van der Waals surface area (Å²) in [6.07, 6.45) is 0. The van der Waals surface area contributed by atoms with Crippen molar-refractivity contribution < 1.29 is 0 Å². The van der Waals surface area contributed by atoms with Crippen LogP contribution in [0.5, 0.6) is 0 Å². The molecule has 1 saturated heterocycles. The maximum absolute atomic E-state index is 4.45. The molecule has 1 unspecified atom stereocenters. The first kappa shape index (κ1) is 16.1. The second-order valence-electron chi connectivity index (χ2n) is 6.34. The Balaban J connectivity index is 1.95. The third-order valence-electron chi connectivity index (χ3n) is 4.34. The Bertz CT molecular complexity index is 453. The van der Waals surface area contributed by atoms with Gasteiger partial charge in [-0.1, -0.05) is 13.8 Å². The summed E-state index contributed by atoms with van der Waals surface area (Å²) in [5.41, 5.74) is 1.83. The first-order chi connectivity index (χ1) is 9.97. The highest BCUT2D eigenvalue weighted by molar-refractivity contribution is 5.25. The Kier molecular flexibility index (Phi) is 5.47. The Morgan fingerprint density at radius 2 is 1.71 bits per heavy atom. The number of likely N-dealkylation sites (N-methyl/N-ethyl adjacent to an activating group) is 1. The summed E-state index contributed by atoms with van der Waals surface area (Å²) in [7, 11) is 2.19. The van der Waals surface area contributed by atoms with Crippen LogP contribution in [0.25, 0.3) is 0 Å². The van der Waals surface area contributed by atoms with E-state index in [0.717, 1.165) is 44.1 Å². The highest BCUT2D eigenvalue weighted by Crippen LogP contribution is 2.14. The number of piperazine rings is 1. The number of nitrogens with one attached hydrogen (secondary N) is 1. The number of rotatable bonds is 5. The number of nitrogens with zero attached hydrogens (tertiary/aromatic N) is 5. The van der Waals surface area contributed by atoms with E-state index in [1.54, 1.807) is 0 Å². The van der Waals surface area contributed by atoms with E-state index >= 15 is 0 Å². The predicted octanol–water partition coefficient (Wildman–Crippen LogP) is 1.17. The van der Waals surface area contributed by atoms with E-state index in [9.17, 15) is 0 Å². The number of hydrogen-bond acceptors (Lipinski definition) is 6. The van der Waals surface area contributed by atoms with Gasteiger partial charge in [0.1, 0.15) is 0 Å². The molecule has 1 N–H and O–H groups in total. The normalized spacial score (nSPS) is 19.0. The molecule has 21 heavy (non-hydrogen) atoms. The lowest BCUT2D eigenvalue weighted by Gasteiger charge is -2.39. The molecule has 1 fully saturated rings. The van der Waals surface area contributed by atoms with Crippen molar-refractivity contribution in [2.45, 2.75) is 33.7 Å². The lowest BCUT2D eigenvalue weighted by atomic mass is 10.0. The molecule has 0 aliphatic carbocycles. The van der Waals surface area contributed by atoms with Crippen LogP contribution in [0.3, 0.4) is 0 Å². The van der Waals surface area contributed by atoms with E-state index in [1.165, 1.54) is 0 Å². The van der Waals surface area contributed by atoms with Crippen LogP contribution < -0.4 is 5.32 Å². The predicted molar refractivity (Wildman–Crippen MR) is 85.5 cm³/mol. The number of anilines is 1. The standard InChI is InChI=1S/C15H28N6/c1-11(2)14(21-8-6-20(5)7-9-21)10-16-15-17-12(3)13(4)18-19-15/h11,14H,6-10H2,1-5H3,(H,16,17,19). The number of hydrogen-bond donors (Lipinski definition) is 1. The van der Waals surface area contributed by atoms with Crippen LogP contribution in [-0.4, -0.2) is 70.8 Å². The minimum Gasteiger partial charge on any atom is -0.351 e. The monoisotopic (exact) mass is 292 g/mol. The van der Waals surface area contributed by atoms with Gasteiger partial charge in [0.2, 0.25) is 5.95 Å². The molecule has 0 amide bonds. The van der Waals surface area contributed by atoms with Crippen molar-refractivity contribution in [3.05, 3.63) is 11.4 Å². The summed E-state index contributed by atoms with van der Waals surface area (Å²) in [6.45, 7) is 13.9. The van der Waals surface area contributed by atoms with E-state index < -0.39 is 0 Å². The summed E-state index contributed by atoms with van der Waals surface area (Å²) in [5, 5.41) is 11.6. The molecule has 1 aliphatic heterocycles. The zero-order chi connectivity index (χ0) is 15.4. The van der Waals surface area contributed by atoms with Crippen LogP contribution in [-0.2, 0) is 0 Å². The number of aryl methyl sites for hydroxylation is 2. The fraction of sp³-hybridized carbons (Fsp3) is 0.800. The first-order valence-corrected chi connectivity index (χ1v) is 7.81. The van der Waals surface area contributed by atoms with Gasteiger partial charge in [-0.05, 0) is 26.8 Å². The van der Waals surface area contributed by atoms with Gasteiger partial charge in [0.25, 0.3) is 0 Å². The van der Waals surface area contributed by atoms with Gasteiger partial charge in [-0.25, -0.2) is 4.98 Å². The average molecular weight is 292 g/mol. The van der Waals surface area contributed by atoms with Gasteiger partial charge >= 0.3 is 0 Å². The molecule has 0 bridgehead atoms. The summed E-state index contributed by atoms with van der Waals surface area (Å²) in [5.74, 6) is 1.23. The smallest absolute Gasteiger partial charge is 0.243 e. The molecule has 1 atom stereocenters. The highest BCUT2D eigenvalue weighted by Gasteiger charge is 2.24.